The summed E-state index contributed by atoms with van der Waals surface area (Å²) in [6, 6.07) is 25.2. The molecule has 0 heterocycles. The van der Waals surface area contributed by atoms with Crippen LogP contribution in [-0.2, 0) is 4.12 Å². The van der Waals surface area contributed by atoms with Crippen LogP contribution in [0.3, 0.4) is 0 Å². The molecule has 0 spiro atoms. The summed E-state index contributed by atoms with van der Waals surface area (Å²) in [6.07, 6.45) is 2.55. The SMILES string of the molecule is CCCC[Si](CC)(CC)O[Si](CC)(CC)c1ccc(-c2ccc(C#N)cc2)cc1. The summed E-state index contributed by atoms with van der Waals surface area (Å²) in [5.41, 5.74) is 3.06. The van der Waals surface area contributed by atoms with Gasteiger partial charge in [-0.05, 0) is 58.7 Å². The fourth-order valence-corrected chi connectivity index (χ4v) is 15.1. The second-order valence-corrected chi connectivity index (χ2v) is 17.1. The summed E-state index contributed by atoms with van der Waals surface area (Å²) in [5, 5.41) is 10.5. The summed E-state index contributed by atoms with van der Waals surface area (Å²) in [6.45, 7) is 11.6. The Morgan fingerprint density at radius 3 is 1.69 bits per heavy atom. The topological polar surface area (TPSA) is 33.0 Å². The van der Waals surface area contributed by atoms with Gasteiger partial charge in [0, 0.05) is 0 Å². The molecule has 0 N–H and O–H groups in total. The molecule has 4 heteroatoms. The van der Waals surface area contributed by atoms with E-state index in [2.05, 4.69) is 65.0 Å². The molecule has 2 aromatic rings. The van der Waals surface area contributed by atoms with Crippen molar-refractivity contribution in [3.8, 4) is 17.2 Å². The summed E-state index contributed by atoms with van der Waals surface area (Å²) < 4.78 is 7.33. The van der Waals surface area contributed by atoms with Gasteiger partial charge in [0.25, 0.3) is 0 Å². The summed E-state index contributed by atoms with van der Waals surface area (Å²) in [4.78, 5) is 0. The van der Waals surface area contributed by atoms with Crippen LogP contribution in [0.15, 0.2) is 48.5 Å². The fourth-order valence-electron chi connectivity index (χ4n) is 4.28. The lowest BCUT2D eigenvalue weighted by Crippen LogP contribution is -2.57. The van der Waals surface area contributed by atoms with E-state index < -0.39 is 16.6 Å². The first-order valence-electron chi connectivity index (χ1n) is 11.3. The average molecular weight is 424 g/mol. The third kappa shape index (κ3) is 5.48. The zero-order valence-corrected chi connectivity index (χ0v) is 20.9. The van der Waals surface area contributed by atoms with Gasteiger partial charge in [-0.3, -0.25) is 0 Å². The summed E-state index contributed by atoms with van der Waals surface area (Å²) >= 11 is 0. The average Bonchev–Trinajstić information content (AvgIpc) is 2.80. The van der Waals surface area contributed by atoms with Crippen LogP contribution in [0.5, 0.6) is 0 Å². The lowest BCUT2D eigenvalue weighted by molar-refractivity contribution is 0.517. The smallest absolute Gasteiger partial charge is 0.211 e. The third-order valence-corrected chi connectivity index (χ3v) is 17.4. The van der Waals surface area contributed by atoms with Gasteiger partial charge in [0.1, 0.15) is 0 Å². The Morgan fingerprint density at radius 1 is 0.759 bits per heavy atom. The molecule has 0 saturated carbocycles. The molecule has 0 bridgehead atoms. The lowest BCUT2D eigenvalue weighted by Gasteiger charge is -2.41. The molecule has 0 aromatic heterocycles. The van der Waals surface area contributed by atoms with E-state index in [9.17, 15) is 0 Å². The maximum Gasteiger partial charge on any atom is 0.211 e. The first-order valence-corrected chi connectivity index (χ1v) is 16.2. The van der Waals surface area contributed by atoms with Crippen molar-refractivity contribution in [1.82, 2.24) is 0 Å². The molecule has 0 fully saturated rings. The number of nitriles is 1. The Kier molecular flexibility index (Phi) is 8.88. The van der Waals surface area contributed by atoms with Gasteiger partial charge in [-0.2, -0.15) is 5.26 Å². The third-order valence-electron chi connectivity index (χ3n) is 6.59. The van der Waals surface area contributed by atoms with Crippen molar-refractivity contribution in [3.05, 3.63) is 54.1 Å². The van der Waals surface area contributed by atoms with E-state index in [1.807, 2.05) is 24.3 Å². The molecule has 0 atom stereocenters. The van der Waals surface area contributed by atoms with E-state index in [0.717, 1.165) is 17.7 Å². The van der Waals surface area contributed by atoms with Crippen molar-refractivity contribution in [2.24, 2.45) is 0 Å². The van der Waals surface area contributed by atoms with Crippen LogP contribution in [0.4, 0.5) is 0 Å². The number of rotatable bonds is 11. The van der Waals surface area contributed by atoms with Gasteiger partial charge in [-0.15, -0.1) is 0 Å². The molecule has 0 aliphatic rings. The predicted molar refractivity (Wildman–Crippen MR) is 130 cm³/mol. The van der Waals surface area contributed by atoms with Crippen molar-refractivity contribution in [1.29, 1.82) is 5.26 Å². The standard InChI is InChI=1S/C25H37NOSi2/c1-6-11-20-28(7-2,8-3)27-29(9-4,10-5)25-18-16-24(17-19-25)23-14-12-22(21-26)13-15-23/h12-19H,6-11,20H2,1-5H3. The zero-order chi connectivity index (χ0) is 21.3. The summed E-state index contributed by atoms with van der Waals surface area (Å²) in [5.74, 6) is 0. The molecule has 156 valence electrons. The van der Waals surface area contributed by atoms with Crippen molar-refractivity contribution in [2.45, 2.75) is 77.7 Å². The second kappa shape index (κ2) is 10.9. The van der Waals surface area contributed by atoms with E-state index in [-0.39, 0.29) is 0 Å². The highest BCUT2D eigenvalue weighted by molar-refractivity contribution is 6.94. The van der Waals surface area contributed by atoms with Gasteiger partial charge in [-0.25, -0.2) is 0 Å². The molecule has 2 nitrogen and oxygen atoms in total. The number of hydrogen-bond donors (Lipinski definition) is 0. The monoisotopic (exact) mass is 423 g/mol. The summed E-state index contributed by atoms with van der Waals surface area (Å²) in [7, 11) is -3.65. The van der Waals surface area contributed by atoms with Crippen molar-refractivity contribution >= 4 is 21.8 Å². The number of hydrogen-bond acceptors (Lipinski definition) is 2. The van der Waals surface area contributed by atoms with E-state index in [4.69, 9.17) is 9.38 Å². The molecular formula is C25H37NOSi2. The van der Waals surface area contributed by atoms with Gasteiger partial charge in [0.2, 0.25) is 8.32 Å². The maximum absolute atomic E-state index is 9.01. The van der Waals surface area contributed by atoms with Gasteiger partial charge < -0.3 is 4.12 Å². The normalized spacial score (nSPS) is 12.0. The Bertz CT molecular complexity index is 785. The van der Waals surface area contributed by atoms with Crippen LogP contribution >= 0.6 is 0 Å². The van der Waals surface area contributed by atoms with Crippen LogP contribution < -0.4 is 5.19 Å². The second-order valence-electron chi connectivity index (χ2n) is 8.06. The highest BCUT2D eigenvalue weighted by atomic mass is 28.4. The molecule has 0 aliphatic heterocycles. The molecule has 0 saturated heterocycles. The number of benzene rings is 2. The number of unbranched alkanes of at least 4 members (excludes halogenated alkanes) is 1. The Hall–Kier alpha value is -1.68. The van der Waals surface area contributed by atoms with Crippen LogP contribution in [0.1, 0.15) is 53.0 Å². The lowest BCUT2D eigenvalue weighted by atomic mass is 10.0. The maximum atomic E-state index is 9.01. The first-order chi connectivity index (χ1) is 14.0. The predicted octanol–water partition coefficient (Wildman–Crippen LogP) is 7.22. The van der Waals surface area contributed by atoms with E-state index in [0.29, 0.717) is 5.56 Å². The van der Waals surface area contributed by atoms with Crippen molar-refractivity contribution in [3.63, 3.8) is 0 Å². The van der Waals surface area contributed by atoms with Gasteiger partial charge in [0.05, 0.1) is 11.6 Å². The van der Waals surface area contributed by atoms with Gasteiger partial charge in [0.15, 0.2) is 8.32 Å². The minimum Gasteiger partial charge on any atom is -0.452 e. The first kappa shape index (κ1) is 23.6. The molecular weight excluding hydrogens is 386 g/mol. The quantitative estimate of drug-likeness (QED) is 0.357. The van der Waals surface area contributed by atoms with E-state index in [1.54, 1.807) is 0 Å². The Balaban J connectivity index is 2.34. The molecule has 0 unspecified atom stereocenters. The number of nitrogens with zero attached hydrogens (tertiary/aromatic N) is 1. The minimum atomic E-state index is -1.97. The van der Waals surface area contributed by atoms with Gasteiger partial charge >= 0.3 is 0 Å². The molecule has 0 aliphatic carbocycles. The minimum absolute atomic E-state index is 0.703. The largest absolute Gasteiger partial charge is 0.452 e. The Labute approximate surface area is 180 Å². The molecule has 0 amide bonds. The van der Waals surface area contributed by atoms with E-state index >= 15 is 0 Å². The van der Waals surface area contributed by atoms with Gasteiger partial charge in [-0.1, -0.05) is 83.9 Å². The van der Waals surface area contributed by atoms with Crippen LogP contribution in [-0.4, -0.2) is 16.6 Å². The van der Waals surface area contributed by atoms with Crippen LogP contribution in [0.2, 0.25) is 30.2 Å². The van der Waals surface area contributed by atoms with Crippen molar-refractivity contribution in [2.75, 3.05) is 0 Å². The van der Waals surface area contributed by atoms with Crippen LogP contribution in [0, 0.1) is 11.3 Å². The zero-order valence-electron chi connectivity index (χ0n) is 18.9. The molecule has 29 heavy (non-hydrogen) atoms. The fraction of sp³-hybridized carbons (Fsp3) is 0.480. The molecule has 2 aromatic carbocycles. The van der Waals surface area contributed by atoms with Crippen LogP contribution in [0.25, 0.3) is 11.1 Å². The van der Waals surface area contributed by atoms with E-state index in [1.165, 1.54) is 41.7 Å². The Morgan fingerprint density at radius 2 is 1.28 bits per heavy atom. The molecule has 2 rings (SSSR count). The highest BCUT2D eigenvalue weighted by Crippen LogP contribution is 2.32. The van der Waals surface area contributed by atoms with Crippen molar-refractivity contribution < 1.29 is 4.12 Å². The highest BCUT2D eigenvalue weighted by Gasteiger charge is 2.42. The molecule has 0 radical (unpaired) electrons.